The van der Waals surface area contributed by atoms with Gasteiger partial charge < -0.3 is 9.47 Å². The molecule has 1 aliphatic rings. The molecule has 0 radical (unpaired) electrons. The van der Waals surface area contributed by atoms with E-state index in [4.69, 9.17) is 9.47 Å². The molecule has 82 valence electrons. The molecule has 3 heteroatoms. The van der Waals surface area contributed by atoms with Gasteiger partial charge in [-0.3, -0.25) is 0 Å². The van der Waals surface area contributed by atoms with Gasteiger partial charge in [-0.05, 0) is 33.6 Å². The summed E-state index contributed by atoms with van der Waals surface area (Å²) in [5.74, 6) is 0.0914. The van der Waals surface area contributed by atoms with Crippen molar-refractivity contribution < 1.29 is 14.3 Å². The second kappa shape index (κ2) is 3.23. The Balaban J connectivity index is 2.52. The first kappa shape index (κ1) is 11.5. The maximum Gasteiger partial charge on any atom is 0.338 e. The quantitative estimate of drug-likeness (QED) is 0.506. The van der Waals surface area contributed by atoms with Gasteiger partial charge in [0.15, 0.2) is 6.10 Å². The second-order valence-corrected chi connectivity index (χ2v) is 5.37. The average Bonchev–Trinajstić information content (AvgIpc) is 2.60. The number of carbonyl (C=O) groups is 1. The highest BCUT2D eigenvalue weighted by Gasteiger charge is 2.60. The molecule has 3 nitrogen and oxygen atoms in total. The third-order valence-corrected chi connectivity index (χ3v) is 2.60. The van der Waals surface area contributed by atoms with Crippen LogP contribution in [-0.4, -0.2) is 23.3 Å². The lowest BCUT2D eigenvalue weighted by molar-refractivity contribution is -0.156. The second-order valence-electron chi connectivity index (χ2n) is 5.37. The predicted octanol–water partition coefficient (Wildman–Crippen LogP) is 2.14. The van der Waals surface area contributed by atoms with Crippen LogP contribution in [0.1, 0.15) is 41.5 Å². The highest BCUT2D eigenvalue weighted by atomic mass is 16.7. The van der Waals surface area contributed by atoms with E-state index in [0.717, 1.165) is 0 Å². The molecule has 1 fully saturated rings. The van der Waals surface area contributed by atoms with Gasteiger partial charge in [-0.2, -0.15) is 0 Å². The van der Waals surface area contributed by atoms with E-state index in [1.807, 2.05) is 41.5 Å². The molecule has 0 N–H and O–H groups in total. The van der Waals surface area contributed by atoms with Crippen molar-refractivity contribution in [3.63, 3.8) is 0 Å². The fourth-order valence-corrected chi connectivity index (χ4v) is 1.30. The van der Waals surface area contributed by atoms with E-state index < -0.39 is 5.60 Å². The first-order valence-corrected chi connectivity index (χ1v) is 5.07. The zero-order chi connectivity index (χ0) is 11.1. The topological polar surface area (TPSA) is 38.8 Å². The summed E-state index contributed by atoms with van der Waals surface area (Å²) in [6.07, 6.45) is -0.373. The summed E-state index contributed by atoms with van der Waals surface area (Å²) in [6.45, 7) is 11.6. The third kappa shape index (κ3) is 2.27. The minimum absolute atomic E-state index is 0.242. The lowest BCUT2D eigenvalue weighted by Crippen LogP contribution is -2.31. The SMILES string of the molecule is CC(C)[C@@]1(C)O[C@H]1C(=O)OC(C)(C)C. The Morgan fingerprint density at radius 1 is 1.43 bits per heavy atom. The van der Waals surface area contributed by atoms with E-state index in [-0.39, 0.29) is 17.7 Å². The van der Waals surface area contributed by atoms with Crippen LogP contribution in [0.5, 0.6) is 0 Å². The van der Waals surface area contributed by atoms with Crippen LogP contribution in [0.25, 0.3) is 0 Å². The number of hydrogen-bond acceptors (Lipinski definition) is 3. The van der Waals surface area contributed by atoms with Gasteiger partial charge in [0.25, 0.3) is 0 Å². The first-order valence-electron chi connectivity index (χ1n) is 5.07. The zero-order valence-electron chi connectivity index (χ0n) is 9.88. The number of rotatable bonds is 2. The molecule has 0 aliphatic carbocycles. The molecule has 0 aromatic heterocycles. The molecule has 1 heterocycles. The van der Waals surface area contributed by atoms with Crippen molar-refractivity contribution in [2.75, 3.05) is 0 Å². The maximum atomic E-state index is 11.6. The van der Waals surface area contributed by atoms with E-state index in [9.17, 15) is 4.79 Å². The lowest BCUT2D eigenvalue weighted by atomic mass is 9.94. The summed E-state index contributed by atoms with van der Waals surface area (Å²) < 4.78 is 10.6. The Morgan fingerprint density at radius 3 is 2.21 bits per heavy atom. The van der Waals surface area contributed by atoms with Gasteiger partial charge in [-0.15, -0.1) is 0 Å². The summed E-state index contributed by atoms with van der Waals surface area (Å²) in [7, 11) is 0. The predicted molar refractivity (Wildman–Crippen MR) is 54.0 cm³/mol. The standard InChI is InChI=1S/C11H20O3/c1-7(2)11(6)8(13-11)9(12)14-10(3,4)5/h7-8H,1-6H3/t8-,11+/m0/s1. The Hall–Kier alpha value is -0.570. The molecule has 1 aliphatic heterocycles. The molecule has 0 aromatic carbocycles. The van der Waals surface area contributed by atoms with Crippen LogP contribution in [0.15, 0.2) is 0 Å². The third-order valence-electron chi connectivity index (χ3n) is 2.60. The average molecular weight is 200 g/mol. The number of ether oxygens (including phenoxy) is 2. The molecule has 0 saturated carbocycles. The van der Waals surface area contributed by atoms with Gasteiger partial charge in [0, 0.05) is 0 Å². The molecular weight excluding hydrogens is 180 g/mol. The minimum atomic E-state index is -0.430. The number of esters is 1. The number of carbonyl (C=O) groups excluding carboxylic acids is 1. The van der Waals surface area contributed by atoms with Gasteiger partial charge >= 0.3 is 5.97 Å². The van der Waals surface area contributed by atoms with Crippen molar-refractivity contribution in [1.29, 1.82) is 0 Å². The zero-order valence-corrected chi connectivity index (χ0v) is 9.88. The van der Waals surface area contributed by atoms with Crippen LogP contribution in [-0.2, 0) is 14.3 Å². The Morgan fingerprint density at radius 2 is 1.93 bits per heavy atom. The van der Waals surface area contributed by atoms with Gasteiger partial charge in [-0.1, -0.05) is 13.8 Å². The summed E-state index contributed by atoms with van der Waals surface area (Å²) in [6, 6.07) is 0. The molecule has 1 rings (SSSR count). The van der Waals surface area contributed by atoms with E-state index in [0.29, 0.717) is 5.92 Å². The van der Waals surface area contributed by atoms with Crippen LogP contribution in [0.2, 0.25) is 0 Å². The fourth-order valence-electron chi connectivity index (χ4n) is 1.30. The van der Waals surface area contributed by atoms with Crippen molar-refractivity contribution in [2.24, 2.45) is 5.92 Å². The molecule has 0 amide bonds. The van der Waals surface area contributed by atoms with Crippen LogP contribution in [0.3, 0.4) is 0 Å². The van der Waals surface area contributed by atoms with Crippen molar-refractivity contribution in [2.45, 2.75) is 58.8 Å². The van der Waals surface area contributed by atoms with E-state index >= 15 is 0 Å². The maximum absolute atomic E-state index is 11.6. The molecule has 0 aromatic rings. The van der Waals surface area contributed by atoms with Gasteiger partial charge in [0.1, 0.15) is 11.2 Å². The van der Waals surface area contributed by atoms with E-state index in [2.05, 4.69) is 0 Å². The molecule has 0 spiro atoms. The largest absolute Gasteiger partial charge is 0.458 e. The number of hydrogen-bond donors (Lipinski definition) is 0. The van der Waals surface area contributed by atoms with Crippen LogP contribution in [0, 0.1) is 5.92 Å². The lowest BCUT2D eigenvalue weighted by Gasteiger charge is -2.19. The van der Waals surface area contributed by atoms with Gasteiger partial charge in [0.2, 0.25) is 0 Å². The van der Waals surface area contributed by atoms with Crippen LogP contribution >= 0.6 is 0 Å². The Bertz CT molecular complexity index is 239. The minimum Gasteiger partial charge on any atom is -0.458 e. The fraction of sp³-hybridized carbons (Fsp3) is 0.909. The summed E-state index contributed by atoms with van der Waals surface area (Å²) in [4.78, 5) is 11.6. The first-order chi connectivity index (χ1) is 6.17. The van der Waals surface area contributed by atoms with Crippen molar-refractivity contribution in [3.05, 3.63) is 0 Å². The molecule has 2 atom stereocenters. The molecule has 0 unspecified atom stereocenters. The molecule has 1 saturated heterocycles. The van der Waals surface area contributed by atoms with Gasteiger partial charge in [0.05, 0.1) is 0 Å². The summed E-state index contributed by atoms with van der Waals surface area (Å²) in [5, 5.41) is 0. The normalized spacial score (nSPS) is 31.8. The summed E-state index contributed by atoms with van der Waals surface area (Å²) in [5.41, 5.74) is -0.747. The highest BCUT2D eigenvalue weighted by molar-refractivity contribution is 5.79. The van der Waals surface area contributed by atoms with Crippen molar-refractivity contribution in [1.82, 2.24) is 0 Å². The van der Waals surface area contributed by atoms with Crippen LogP contribution < -0.4 is 0 Å². The highest BCUT2D eigenvalue weighted by Crippen LogP contribution is 2.43. The molecule has 14 heavy (non-hydrogen) atoms. The Kier molecular flexibility index (Phi) is 2.65. The molecule has 0 bridgehead atoms. The summed E-state index contributed by atoms with van der Waals surface area (Å²) >= 11 is 0. The number of epoxide rings is 1. The monoisotopic (exact) mass is 200 g/mol. The van der Waals surface area contributed by atoms with E-state index in [1.165, 1.54) is 0 Å². The van der Waals surface area contributed by atoms with Crippen molar-refractivity contribution >= 4 is 5.97 Å². The molecular formula is C11H20O3. The van der Waals surface area contributed by atoms with Crippen molar-refractivity contribution in [3.8, 4) is 0 Å². The Labute approximate surface area is 85.8 Å². The van der Waals surface area contributed by atoms with E-state index in [1.54, 1.807) is 0 Å². The smallest absolute Gasteiger partial charge is 0.338 e. The van der Waals surface area contributed by atoms with Gasteiger partial charge in [-0.25, -0.2) is 4.79 Å². The van der Waals surface area contributed by atoms with Crippen LogP contribution in [0.4, 0.5) is 0 Å².